The minimum absolute atomic E-state index is 0.273. The number of hydrogen-bond acceptors (Lipinski definition) is 5. The number of aryl methyl sites for hydroxylation is 1. The zero-order chi connectivity index (χ0) is 13.7. The van der Waals surface area contributed by atoms with Gasteiger partial charge in [-0.25, -0.2) is 4.98 Å². The summed E-state index contributed by atoms with van der Waals surface area (Å²) in [6, 6.07) is 0.369. The van der Waals surface area contributed by atoms with Crippen molar-refractivity contribution >= 4 is 11.3 Å². The Morgan fingerprint density at radius 1 is 1.63 bits per heavy atom. The van der Waals surface area contributed by atoms with Crippen LogP contribution in [0.2, 0.25) is 0 Å². The normalized spacial score (nSPS) is 22.6. The summed E-state index contributed by atoms with van der Waals surface area (Å²) in [4.78, 5) is 6.93. The van der Waals surface area contributed by atoms with Gasteiger partial charge in [0.05, 0.1) is 17.7 Å². The lowest BCUT2D eigenvalue weighted by atomic mass is 10.1. The second-order valence-corrected chi connectivity index (χ2v) is 6.26. The number of likely N-dealkylation sites (N-methyl/N-ethyl adjacent to an activating group) is 1. The van der Waals surface area contributed by atoms with Gasteiger partial charge in [-0.15, -0.1) is 11.3 Å². The molecule has 2 atom stereocenters. The summed E-state index contributed by atoms with van der Waals surface area (Å²) < 4.78 is 5.96. The molecule has 0 spiro atoms. The van der Waals surface area contributed by atoms with Crippen LogP contribution in [-0.4, -0.2) is 55.3 Å². The van der Waals surface area contributed by atoms with Crippen LogP contribution in [0.25, 0.3) is 0 Å². The molecule has 0 radical (unpaired) electrons. The molecule has 1 aromatic heterocycles. The predicted octanol–water partition coefficient (Wildman–Crippen LogP) is 1.69. The highest BCUT2D eigenvalue weighted by Crippen LogP contribution is 2.16. The van der Waals surface area contributed by atoms with Crippen LogP contribution in [0.5, 0.6) is 0 Å². The van der Waals surface area contributed by atoms with E-state index in [-0.39, 0.29) is 6.10 Å². The Bertz CT molecular complexity index is 383. The van der Waals surface area contributed by atoms with Crippen LogP contribution < -0.4 is 5.32 Å². The van der Waals surface area contributed by atoms with Crippen molar-refractivity contribution in [3.63, 3.8) is 0 Å². The standard InChI is InChI=1S/C14H25N3OS/c1-4-5-15-12(8-14-16-11(2)10-19-14)13-9-17(3)6-7-18-13/h10,12-13,15H,4-9H2,1-3H3. The van der Waals surface area contributed by atoms with E-state index in [1.54, 1.807) is 11.3 Å². The van der Waals surface area contributed by atoms with Crippen LogP contribution in [0.4, 0.5) is 0 Å². The Balaban J connectivity index is 1.97. The van der Waals surface area contributed by atoms with E-state index < -0.39 is 0 Å². The molecule has 0 saturated carbocycles. The van der Waals surface area contributed by atoms with Crippen molar-refractivity contribution in [1.82, 2.24) is 15.2 Å². The minimum Gasteiger partial charge on any atom is -0.374 e. The Morgan fingerprint density at radius 2 is 2.47 bits per heavy atom. The number of rotatable bonds is 6. The van der Waals surface area contributed by atoms with E-state index in [9.17, 15) is 0 Å². The van der Waals surface area contributed by atoms with E-state index >= 15 is 0 Å². The third-order valence-corrected chi connectivity index (χ3v) is 4.45. The molecule has 0 aromatic carbocycles. The van der Waals surface area contributed by atoms with Crippen molar-refractivity contribution < 1.29 is 4.74 Å². The monoisotopic (exact) mass is 283 g/mol. The second-order valence-electron chi connectivity index (χ2n) is 5.32. The number of ether oxygens (including phenoxy) is 1. The first-order chi connectivity index (χ1) is 9.19. The molecular weight excluding hydrogens is 258 g/mol. The number of thiazole rings is 1. The van der Waals surface area contributed by atoms with Crippen molar-refractivity contribution in [3.05, 3.63) is 16.1 Å². The number of aromatic nitrogens is 1. The molecule has 2 unspecified atom stereocenters. The lowest BCUT2D eigenvalue weighted by Crippen LogP contribution is -2.52. The molecule has 1 aromatic rings. The summed E-state index contributed by atoms with van der Waals surface area (Å²) in [5.41, 5.74) is 1.12. The molecule has 1 fully saturated rings. The number of nitrogens with zero attached hydrogens (tertiary/aromatic N) is 2. The highest BCUT2D eigenvalue weighted by Gasteiger charge is 2.27. The fourth-order valence-electron chi connectivity index (χ4n) is 2.40. The van der Waals surface area contributed by atoms with Gasteiger partial charge >= 0.3 is 0 Å². The van der Waals surface area contributed by atoms with Crippen molar-refractivity contribution in [2.75, 3.05) is 33.3 Å². The molecule has 2 heterocycles. The van der Waals surface area contributed by atoms with Gasteiger partial charge < -0.3 is 15.0 Å². The van der Waals surface area contributed by atoms with Gasteiger partial charge in [0.25, 0.3) is 0 Å². The van der Waals surface area contributed by atoms with Gasteiger partial charge in [0.1, 0.15) is 0 Å². The van der Waals surface area contributed by atoms with Crippen LogP contribution in [0.3, 0.4) is 0 Å². The van der Waals surface area contributed by atoms with Crippen LogP contribution in [-0.2, 0) is 11.2 Å². The van der Waals surface area contributed by atoms with Crippen molar-refractivity contribution in [2.45, 2.75) is 38.8 Å². The van der Waals surface area contributed by atoms with Gasteiger partial charge in [-0.3, -0.25) is 0 Å². The van der Waals surface area contributed by atoms with Gasteiger partial charge in [-0.05, 0) is 26.9 Å². The molecular formula is C14H25N3OS. The van der Waals surface area contributed by atoms with E-state index in [0.717, 1.165) is 44.8 Å². The third kappa shape index (κ3) is 4.53. The summed E-state index contributed by atoms with van der Waals surface area (Å²) in [5, 5.41) is 6.97. The fourth-order valence-corrected chi connectivity index (χ4v) is 3.24. The largest absolute Gasteiger partial charge is 0.374 e. The van der Waals surface area contributed by atoms with E-state index in [1.807, 2.05) is 0 Å². The van der Waals surface area contributed by atoms with Crippen molar-refractivity contribution in [3.8, 4) is 0 Å². The summed E-state index contributed by atoms with van der Waals surface area (Å²) in [6.07, 6.45) is 2.39. The molecule has 1 saturated heterocycles. The lowest BCUT2D eigenvalue weighted by molar-refractivity contribution is -0.0383. The molecule has 0 amide bonds. The smallest absolute Gasteiger partial charge is 0.0944 e. The summed E-state index contributed by atoms with van der Waals surface area (Å²) in [6.45, 7) is 8.17. The minimum atomic E-state index is 0.273. The summed E-state index contributed by atoms with van der Waals surface area (Å²) in [7, 11) is 2.17. The molecule has 19 heavy (non-hydrogen) atoms. The number of morpholine rings is 1. The zero-order valence-electron chi connectivity index (χ0n) is 12.2. The van der Waals surface area contributed by atoms with Crippen LogP contribution in [0.1, 0.15) is 24.0 Å². The van der Waals surface area contributed by atoms with Gasteiger partial charge in [0, 0.05) is 36.6 Å². The highest BCUT2D eigenvalue weighted by molar-refractivity contribution is 7.09. The first-order valence-corrected chi connectivity index (χ1v) is 8.01. The van der Waals surface area contributed by atoms with Gasteiger partial charge in [-0.2, -0.15) is 0 Å². The zero-order valence-corrected chi connectivity index (χ0v) is 13.0. The molecule has 4 nitrogen and oxygen atoms in total. The van der Waals surface area contributed by atoms with Crippen LogP contribution >= 0.6 is 11.3 Å². The molecule has 0 aliphatic carbocycles. The molecule has 0 bridgehead atoms. The second kappa shape index (κ2) is 7.33. The first kappa shape index (κ1) is 14.9. The van der Waals surface area contributed by atoms with Gasteiger partial charge in [0.15, 0.2) is 0 Å². The maximum Gasteiger partial charge on any atom is 0.0944 e. The highest BCUT2D eigenvalue weighted by atomic mass is 32.1. The fraction of sp³-hybridized carbons (Fsp3) is 0.786. The maximum absolute atomic E-state index is 5.96. The molecule has 2 rings (SSSR count). The molecule has 1 aliphatic heterocycles. The first-order valence-electron chi connectivity index (χ1n) is 7.13. The summed E-state index contributed by atoms with van der Waals surface area (Å²) in [5.74, 6) is 0. The molecule has 108 valence electrons. The molecule has 1 N–H and O–H groups in total. The van der Waals surface area contributed by atoms with Gasteiger partial charge in [-0.1, -0.05) is 6.92 Å². The topological polar surface area (TPSA) is 37.4 Å². The SMILES string of the molecule is CCCNC(Cc1nc(C)cs1)C1CN(C)CCO1. The average Bonchev–Trinajstić information content (AvgIpc) is 2.80. The quantitative estimate of drug-likeness (QED) is 0.862. The van der Waals surface area contributed by atoms with E-state index in [2.05, 4.69) is 41.5 Å². The van der Waals surface area contributed by atoms with E-state index in [1.165, 1.54) is 5.01 Å². The molecule has 5 heteroatoms. The van der Waals surface area contributed by atoms with E-state index in [4.69, 9.17) is 4.74 Å². The molecule has 1 aliphatic rings. The van der Waals surface area contributed by atoms with Crippen LogP contribution in [0.15, 0.2) is 5.38 Å². The maximum atomic E-state index is 5.96. The van der Waals surface area contributed by atoms with Gasteiger partial charge in [0.2, 0.25) is 0 Å². The Morgan fingerprint density at radius 3 is 3.11 bits per heavy atom. The predicted molar refractivity (Wildman–Crippen MR) is 79.9 cm³/mol. The Kier molecular flexibility index (Phi) is 5.76. The number of hydrogen-bond donors (Lipinski definition) is 1. The van der Waals surface area contributed by atoms with Crippen LogP contribution in [0, 0.1) is 6.92 Å². The third-order valence-electron chi connectivity index (χ3n) is 3.46. The number of nitrogens with one attached hydrogen (secondary N) is 1. The Labute approximate surface area is 120 Å². The van der Waals surface area contributed by atoms with Crippen molar-refractivity contribution in [2.24, 2.45) is 0 Å². The van der Waals surface area contributed by atoms with Crippen molar-refractivity contribution in [1.29, 1.82) is 0 Å². The lowest BCUT2D eigenvalue weighted by Gasteiger charge is -2.35. The van der Waals surface area contributed by atoms with E-state index in [0.29, 0.717) is 6.04 Å². The summed E-state index contributed by atoms with van der Waals surface area (Å²) >= 11 is 1.76. The Hall–Kier alpha value is -0.490. The average molecular weight is 283 g/mol.